The molecule has 3 N–H and O–H groups in total. The Morgan fingerprint density at radius 2 is 2.15 bits per heavy atom. The molecule has 0 bridgehead atoms. The molecule has 2 rings (SSSR count). The van der Waals surface area contributed by atoms with Gasteiger partial charge in [0.05, 0.1) is 11.5 Å². The van der Waals surface area contributed by atoms with Crippen LogP contribution in [0.1, 0.15) is 18.4 Å². The molecule has 0 aliphatic carbocycles. The van der Waals surface area contributed by atoms with Crippen molar-refractivity contribution < 1.29 is 17.2 Å². The van der Waals surface area contributed by atoms with E-state index in [1.54, 1.807) is 0 Å². The minimum atomic E-state index is -2.93. The van der Waals surface area contributed by atoms with Crippen LogP contribution in [0.3, 0.4) is 0 Å². The smallest absolute Gasteiger partial charge is 0.150 e. The van der Waals surface area contributed by atoms with Crippen molar-refractivity contribution in [2.45, 2.75) is 25.3 Å². The fourth-order valence-electron chi connectivity index (χ4n) is 2.62. The number of hydrogen-bond acceptors (Lipinski definition) is 4. The lowest BCUT2D eigenvalue weighted by Crippen LogP contribution is -2.38. The number of nitrogens with two attached hydrogens (primary N) is 1. The standard InChI is InChI=1S/C13H18F2N2O2S/c14-11-2-1-10(13(15)7-11)6-12(17-16)5-9-3-4-20(18,19)8-9/h1-2,7,9,12,17H,3-6,8,16H2. The first-order valence-corrected chi connectivity index (χ1v) is 8.32. The fourth-order valence-corrected chi connectivity index (χ4v) is 4.50. The van der Waals surface area contributed by atoms with Crippen LogP contribution in [-0.4, -0.2) is 26.0 Å². The second-order valence-corrected chi connectivity index (χ2v) is 7.54. The lowest BCUT2D eigenvalue weighted by atomic mass is 9.95. The van der Waals surface area contributed by atoms with E-state index in [2.05, 4.69) is 5.43 Å². The number of nitrogens with one attached hydrogen (secondary N) is 1. The van der Waals surface area contributed by atoms with Crippen molar-refractivity contribution in [1.29, 1.82) is 0 Å². The largest absolute Gasteiger partial charge is 0.271 e. The van der Waals surface area contributed by atoms with Gasteiger partial charge in [0, 0.05) is 12.1 Å². The number of rotatable bonds is 5. The van der Waals surface area contributed by atoms with Gasteiger partial charge in [-0.05, 0) is 36.8 Å². The average molecular weight is 304 g/mol. The zero-order chi connectivity index (χ0) is 14.8. The summed E-state index contributed by atoms with van der Waals surface area (Å²) in [5.74, 6) is 4.64. The van der Waals surface area contributed by atoms with E-state index in [4.69, 9.17) is 5.84 Å². The molecule has 1 saturated heterocycles. The van der Waals surface area contributed by atoms with E-state index < -0.39 is 21.5 Å². The molecule has 0 saturated carbocycles. The average Bonchev–Trinajstić information content (AvgIpc) is 2.71. The molecule has 2 unspecified atom stereocenters. The molecule has 112 valence electrons. The Morgan fingerprint density at radius 3 is 2.70 bits per heavy atom. The van der Waals surface area contributed by atoms with E-state index in [0.717, 1.165) is 6.07 Å². The third kappa shape index (κ3) is 3.97. The Bertz CT molecular complexity index is 578. The summed E-state index contributed by atoms with van der Waals surface area (Å²) >= 11 is 0. The normalized spacial score (nSPS) is 22.9. The molecule has 0 spiro atoms. The quantitative estimate of drug-likeness (QED) is 0.632. The summed E-state index contributed by atoms with van der Waals surface area (Å²) in [6, 6.07) is 3.20. The third-order valence-corrected chi connectivity index (χ3v) is 5.50. The first-order chi connectivity index (χ1) is 9.39. The van der Waals surface area contributed by atoms with Gasteiger partial charge in [0.1, 0.15) is 11.6 Å². The molecular formula is C13H18F2N2O2S. The van der Waals surface area contributed by atoms with Gasteiger partial charge in [-0.1, -0.05) is 6.07 Å². The van der Waals surface area contributed by atoms with Gasteiger partial charge in [0.2, 0.25) is 0 Å². The predicted molar refractivity (Wildman–Crippen MR) is 72.6 cm³/mol. The van der Waals surface area contributed by atoms with Crippen LogP contribution in [0.5, 0.6) is 0 Å². The van der Waals surface area contributed by atoms with Crippen molar-refractivity contribution in [3.8, 4) is 0 Å². The highest BCUT2D eigenvalue weighted by atomic mass is 32.2. The van der Waals surface area contributed by atoms with Gasteiger partial charge >= 0.3 is 0 Å². The molecule has 0 aromatic heterocycles. The van der Waals surface area contributed by atoms with Gasteiger partial charge in [-0.15, -0.1) is 0 Å². The van der Waals surface area contributed by atoms with Gasteiger partial charge in [-0.3, -0.25) is 11.3 Å². The zero-order valence-electron chi connectivity index (χ0n) is 11.0. The minimum Gasteiger partial charge on any atom is -0.271 e. The Labute approximate surface area is 117 Å². The van der Waals surface area contributed by atoms with Gasteiger partial charge in [0.25, 0.3) is 0 Å². The molecule has 0 radical (unpaired) electrons. The van der Waals surface area contributed by atoms with Crippen molar-refractivity contribution in [2.24, 2.45) is 11.8 Å². The summed E-state index contributed by atoms with van der Waals surface area (Å²) in [6.45, 7) is 0. The Kier molecular flexibility index (Phi) is 4.72. The van der Waals surface area contributed by atoms with Crippen LogP contribution in [0.25, 0.3) is 0 Å². The van der Waals surface area contributed by atoms with E-state index >= 15 is 0 Å². The van der Waals surface area contributed by atoms with Crippen LogP contribution < -0.4 is 11.3 Å². The van der Waals surface area contributed by atoms with E-state index in [1.807, 2.05) is 0 Å². The summed E-state index contributed by atoms with van der Waals surface area (Å²) in [5, 5.41) is 0. The van der Waals surface area contributed by atoms with Gasteiger partial charge in [0.15, 0.2) is 9.84 Å². The molecule has 1 heterocycles. The van der Waals surface area contributed by atoms with Crippen molar-refractivity contribution >= 4 is 9.84 Å². The molecule has 2 atom stereocenters. The highest BCUT2D eigenvalue weighted by Crippen LogP contribution is 2.24. The summed E-state index contributed by atoms with van der Waals surface area (Å²) < 4.78 is 49.2. The molecule has 1 aliphatic rings. The van der Waals surface area contributed by atoms with E-state index in [0.29, 0.717) is 24.8 Å². The van der Waals surface area contributed by atoms with Crippen LogP contribution in [0.4, 0.5) is 8.78 Å². The molecule has 1 aromatic carbocycles. The van der Waals surface area contributed by atoms with Crippen LogP contribution in [0.2, 0.25) is 0 Å². The lowest BCUT2D eigenvalue weighted by Gasteiger charge is -2.19. The minimum absolute atomic E-state index is 0.0459. The number of benzene rings is 1. The maximum atomic E-state index is 13.6. The van der Waals surface area contributed by atoms with Gasteiger partial charge < -0.3 is 0 Å². The number of hydrogen-bond donors (Lipinski definition) is 2. The summed E-state index contributed by atoms with van der Waals surface area (Å²) in [5.41, 5.74) is 2.96. The molecule has 0 amide bonds. The van der Waals surface area contributed by atoms with Crippen molar-refractivity contribution in [1.82, 2.24) is 5.43 Å². The molecule has 7 heteroatoms. The highest BCUT2D eigenvalue weighted by Gasteiger charge is 2.29. The Morgan fingerprint density at radius 1 is 1.40 bits per heavy atom. The second-order valence-electron chi connectivity index (χ2n) is 5.31. The topological polar surface area (TPSA) is 72.2 Å². The van der Waals surface area contributed by atoms with Crippen molar-refractivity contribution in [2.75, 3.05) is 11.5 Å². The summed E-state index contributed by atoms with van der Waals surface area (Å²) in [4.78, 5) is 0. The first kappa shape index (κ1) is 15.3. The summed E-state index contributed by atoms with van der Waals surface area (Å²) in [7, 11) is -2.93. The fraction of sp³-hybridized carbons (Fsp3) is 0.538. The summed E-state index contributed by atoms with van der Waals surface area (Å²) in [6.07, 6.45) is 1.48. The van der Waals surface area contributed by atoms with Crippen molar-refractivity contribution in [3.05, 3.63) is 35.4 Å². The molecule has 20 heavy (non-hydrogen) atoms. The van der Waals surface area contributed by atoms with E-state index in [1.165, 1.54) is 12.1 Å². The maximum Gasteiger partial charge on any atom is 0.150 e. The highest BCUT2D eigenvalue weighted by molar-refractivity contribution is 7.91. The number of sulfone groups is 1. The monoisotopic (exact) mass is 304 g/mol. The number of hydrazine groups is 1. The van der Waals surface area contributed by atoms with Crippen LogP contribution in [-0.2, 0) is 16.3 Å². The maximum absolute atomic E-state index is 13.6. The van der Waals surface area contributed by atoms with E-state index in [-0.39, 0.29) is 23.5 Å². The molecule has 1 fully saturated rings. The Hall–Kier alpha value is -1.05. The lowest BCUT2D eigenvalue weighted by molar-refractivity contribution is 0.403. The van der Waals surface area contributed by atoms with Crippen molar-refractivity contribution in [3.63, 3.8) is 0 Å². The molecule has 4 nitrogen and oxygen atoms in total. The molecule has 1 aromatic rings. The first-order valence-electron chi connectivity index (χ1n) is 6.50. The van der Waals surface area contributed by atoms with Gasteiger partial charge in [-0.25, -0.2) is 17.2 Å². The Balaban J connectivity index is 1.99. The molecular weight excluding hydrogens is 286 g/mol. The van der Waals surface area contributed by atoms with Gasteiger partial charge in [-0.2, -0.15) is 0 Å². The van der Waals surface area contributed by atoms with E-state index in [9.17, 15) is 17.2 Å². The zero-order valence-corrected chi connectivity index (χ0v) is 11.8. The van der Waals surface area contributed by atoms with Crippen LogP contribution in [0, 0.1) is 17.6 Å². The van der Waals surface area contributed by atoms with Crippen LogP contribution >= 0.6 is 0 Å². The number of halogens is 2. The SMILES string of the molecule is NNC(Cc1ccc(F)cc1F)CC1CCS(=O)(=O)C1. The predicted octanol–water partition coefficient (Wildman–Crippen LogP) is 1.16. The third-order valence-electron chi connectivity index (χ3n) is 3.66. The van der Waals surface area contributed by atoms with Crippen LogP contribution in [0.15, 0.2) is 18.2 Å². The molecule has 1 aliphatic heterocycles. The second kappa shape index (κ2) is 6.15.